The Morgan fingerprint density at radius 1 is 1.38 bits per heavy atom. The van der Waals surface area contributed by atoms with Gasteiger partial charge in [-0.2, -0.15) is 5.10 Å². The van der Waals surface area contributed by atoms with Crippen molar-refractivity contribution in [3.8, 4) is 0 Å². The SMILES string of the molecule is O=C(NCC1CCCC1C(=O)O)c1cnn2ccccc12. The van der Waals surface area contributed by atoms with Crippen LogP contribution in [-0.4, -0.2) is 33.1 Å². The van der Waals surface area contributed by atoms with E-state index in [-0.39, 0.29) is 17.7 Å². The molecule has 0 radical (unpaired) electrons. The molecule has 2 N–H and O–H groups in total. The number of pyridine rings is 1. The number of carbonyl (C=O) groups excluding carboxylic acids is 1. The van der Waals surface area contributed by atoms with E-state index in [4.69, 9.17) is 5.11 Å². The minimum Gasteiger partial charge on any atom is -0.481 e. The molecule has 1 aliphatic carbocycles. The van der Waals surface area contributed by atoms with E-state index < -0.39 is 5.97 Å². The van der Waals surface area contributed by atoms with Crippen LogP contribution in [0.15, 0.2) is 30.6 Å². The number of aromatic nitrogens is 2. The van der Waals surface area contributed by atoms with E-state index in [1.807, 2.05) is 18.2 Å². The highest BCUT2D eigenvalue weighted by Gasteiger charge is 2.33. The molecule has 3 rings (SSSR count). The lowest BCUT2D eigenvalue weighted by Gasteiger charge is -2.16. The average Bonchev–Trinajstić information content (AvgIpc) is 3.11. The summed E-state index contributed by atoms with van der Waals surface area (Å²) in [5.74, 6) is -1.28. The summed E-state index contributed by atoms with van der Waals surface area (Å²) in [4.78, 5) is 23.4. The van der Waals surface area contributed by atoms with Gasteiger partial charge in [0.15, 0.2) is 0 Å². The number of hydrogen-bond acceptors (Lipinski definition) is 3. The Labute approximate surface area is 121 Å². The fraction of sp³-hybridized carbons (Fsp3) is 0.400. The summed E-state index contributed by atoms with van der Waals surface area (Å²) in [6.07, 6.45) is 5.78. The summed E-state index contributed by atoms with van der Waals surface area (Å²) in [5, 5.41) is 16.1. The van der Waals surface area contributed by atoms with Crippen LogP contribution in [0, 0.1) is 11.8 Å². The molecule has 6 nitrogen and oxygen atoms in total. The number of nitrogens with one attached hydrogen (secondary N) is 1. The van der Waals surface area contributed by atoms with Crippen LogP contribution < -0.4 is 5.32 Å². The first kappa shape index (κ1) is 13.6. The Hall–Kier alpha value is -2.37. The summed E-state index contributed by atoms with van der Waals surface area (Å²) >= 11 is 0. The predicted octanol–water partition coefficient (Wildman–Crippen LogP) is 1.56. The van der Waals surface area contributed by atoms with Crippen LogP contribution >= 0.6 is 0 Å². The van der Waals surface area contributed by atoms with Crippen molar-refractivity contribution in [2.75, 3.05) is 6.54 Å². The van der Waals surface area contributed by atoms with E-state index in [9.17, 15) is 9.59 Å². The molecule has 2 unspecified atom stereocenters. The molecule has 1 saturated carbocycles. The highest BCUT2D eigenvalue weighted by molar-refractivity contribution is 6.00. The van der Waals surface area contributed by atoms with Crippen molar-refractivity contribution in [1.29, 1.82) is 0 Å². The molecule has 2 aromatic rings. The van der Waals surface area contributed by atoms with Gasteiger partial charge in [-0.15, -0.1) is 0 Å². The summed E-state index contributed by atoms with van der Waals surface area (Å²) in [6.45, 7) is 0.403. The third-order valence-electron chi connectivity index (χ3n) is 4.17. The number of hydrogen-bond donors (Lipinski definition) is 2. The Balaban J connectivity index is 1.68. The van der Waals surface area contributed by atoms with Crippen molar-refractivity contribution in [3.05, 3.63) is 36.2 Å². The number of aliphatic carboxylic acids is 1. The zero-order valence-corrected chi connectivity index (χ0v) is 11.5. The lowest BCUT2D eigenvalue weighted by molar-refractivity contribution is -0.142. The third-order valence-corrected chi connectivity index (χ3v) is 4.17. The molecule has 0 saturated heterocycles. The lowest BCUT2D eigenvalue weighted by Crippen LogP contribution is -2.32. The van der Waals surface area contributed by atoms with Crippen LogP contribution in [0.4, 0.5) is 0 Å². The molecule has 1 aliphatic rings. The number of nitrogens with zero attached hydrogens (tertiary/aromatic N) is 2. The monoisotopic (exact) mass is 287 g/mol. The van der Waals surface area contributed by atoms with Crippen LogP contribution in [-0.2, 0) is 4.79 Å². The maximum atomic E-state index is 12.2. The van der Waals surface area contributed by atoms with E-state index in [0.29, 0.717) is 18.5 Å². The standard InChI is InChI=1S/C15H17N3O3/c19-14(12-9-17-18-7-2-1-6-13(12)18)16-8-10-4-3-5-11(10)15(20)21/h1-2,6-7,9-11H,3-5,8H2,(H,16,19)(H,20,21). The van der Waals surface area contributed by atoms with Gasteiger partial charge in [0.25, 0.3) is 5.91 Å². The molecule has 0 aromatic carbocycles. The maximum absolute atomic E-state index is 12.2. The number of amides is 1. The first-order valence-electron chi connectivity index (χ1n) is 7.10. The zero-order chi connectivity index (χ0) is 14.8. The topological polar surface area (TPSA) is 83.7 Å². The number of fused-ring (bicyclic) bond motifs is 1. The summed E-state index contributed by atoms with van der Waals surface area (Å²) < 4.78 is 1.64. The van der Waals surface area contributed by atoms with E-state index in [0.717, 1.165) is 18.4 Å². The Bertz CT molecular complexity index is 680. The van der Waals surface area contributed by atoms with E-state index in [1.165, 1.54) is 6.20 Å². The number of carboxylic acids is 1. The van der Waals surface area contributed by atoms with Gasteiger partial charge in [0, 0.05) is 12.7 Å². The van der Waals surface area contributed by atoms with Gasteiger partial charge in [-0.1, -0.05) is 12.5 Å². The molecule has 0 aliphatic heterocycles. The molecule has 6 heteroatoms. The molecule has 1 fully saturated rings. The zero-order valence-electron chi connectivity index (χ0n) is 11.5. The first-order chi connectivity index (χ1) is 10.2. The molecule has 21 heavy (non-hydrogen) atoms. The van der Waals surface area contributed by atoms with Gasteiger partial charge in [-0.05, 0) is 30.9 Å². The molecule has 2 aromatic heterocycles. The maximum Gasteiger partial charge on any atom is 0.306 e. The second-order valence-corrected chi connectivity index (χ2v) is 5.43. The van der Waals surface area contributed by atoms with Gasteiger partial charge in [0.1, 0.15) is 0 Å². The highest BCUT2D eigenvalue weighted by Crippen LogP contribution is 2.31. The smallest absolute Gasteiger partial charge is 0.306 e. The Kier molecular flexibility index (Phi) is 3.60. The normalized spacial score (nSPS) is 21.5. The van der Waals surface area contributed by atoms with Crippen molar-refractivity contribution in [2.24, 2.45) is 11.8 Å². The fourth-order valence-corrected chi connectivity index (χ4v) is 3.03. The van der Waals surface area contributed by atoms with Crippen molar-refractivity contribution < 1.29 is 14.7 Å². The van der Waals surface area contributed by atoms with Crippen molar-refractivity contribution in [3.63, 3.8) is 0 Å². The van der Waals surface area contributed by atoms with E-state index in [2.05, 4.69) is 10.4 Å². The second-order valence-electron chi connectivity index (χ2n) is 5.43. The molecule has 110 valence electrons. The molecular weight excluding hydrogens is 270 g/mol. The summed E-state index contributed by atoms with van der Waals surface area (Å²) in [7, 11) is 0. The molecular formula is C15H17N3O3. The highest BCUT2D eigenvalue weighted by atomic mass is 16.4. The van der Waals surface area contributed by atoms with Crippen LogP contribution in [0.2, 0.25) is 0 Å². The molecule has 0 bridgehead atoms. The summed E-state index contributed by atoms with van der Waals surface area (Å²) in [6, 6.07) is 5.53. The molecule has 2 atom stereocenters. The van der Waals surface area contributed by atoms with E-state index in [1.54, 1.807) is 10.7 Å². The van der Waals surface area contributed by atoms with Crippen LogP contribution in [0.1, 0.15) is 29.6 Å². The minimum atomic E-state index is -0.761. The van der Waals surface area contributed by atoms with Crippen LogP contribution in [0.25, 0.3) is 5.52 Å². The number of rotatable bonds is 4. The van der Waals surface area contributed by atoms with Gasteiger partial charge in [0.2, 0.25) is 0 Å². The van der Waals surface area contributed by atoms with Gasteiger partial charge in [-0.3, -0.25) is 9.59 Å². The van der Waals surface area contributed by atoms with Crippen LogP contribution in [0.3, 0.4) is 0 Å². The van der Waals surface area contributed by atoms with Crippen molar-refractivity contribution in [1.82, 2.24) is 14.9 Å². The third kappa shape index (κ3) is 2.61. The van der Waals surface area contributed by atoms with Gasteiger partial charge in [0.05, 0.1) is 23.2 Å². The van der Waals surface area contributed by atoms with Crippen molar-refractivity contribution in [2.45, 2.75) is 19.3 Å². The second kappa shape index (κ2) is 5.55. The molecule has 2 heterocycles. The molecule has 1 amide bonds. The van der Waals surface area contributed by atoms with Gasteiger partial charge < -0.3 is 10.4 Å². The number of carboxylic acid groups (broad SMARTS) is 1. The summed E-state index contributed by atoms with van der Waals surface area (Å²) in [5.41, 5.74) is 1.26. The van der Waals surface area contributed by atoms with Gasteiger partial charge in [-0.25, -0.2) is 4.52 Å². The average molecular weight is 287 g/mol. The van der Waals surface area contributed by atoms with Crippen LogP contribution in [0.5, 0.6) is 0 Å². The first-order valence-corrected chi connectivity index (χ1v) is 7.10. The minimum absolute atomic E-state index is 0.0216. The van der Waals surface area contributed by atoms with Crippen molar-refractivity contribution >= 4 is 17.4 Å². The Morgan fingerprint density at radius 3 is 3.05 bits per heavy atom. The lowest BCUT2D eigenvalue weighted by atomic mass is 9.96. The quantitative estimate of drug-likeness (QED) is 0.894. The molecule has 0 spiro atoms. The fourth-order valence-electron chi connectivity index (χ4n) is 3.03. The predicted molar refractivity (Wildman–Crippen MR) is 76.0 cm³/mol. The van der Waals surface area contributed by atoms with Gasteiger partial charge >= 0.3 is 5.97 Å². The largest absolute Gasteiger partial charge is 0.481 e. The Morgan fingerprint density at radius 2 is 2.24 bits per heavy atom. The number of carbonyl (C=O) groups is 2. The van der Waals surface area contributed by atoms with E-state index >= 15 is 0 Å².